The van der Waals surface area contributed by atoms with Crippen LogP contribution in [0.15, 0.2) is 35.0 Å². The molecule has 2 heterocycles. The second-order valence-corrected chi connectivity index (χ2v) is 8.54. The second kappa shape index (κ2) is 8.53. The molecule has 1 spiro atoms. The summed E-state index contributed by atoms with van der Waals surface area (Å²) < 4.78 is 9.87. The van der Waals surface area contributed by atoms with Crippen LogP contribution in [0.4, 0.5) is 0 Å². The van der Waals surface area contributed by atoms with Crippen LogP contribution >= 0.6 is 0 Å². The van der Waals surface area contributed by atoms with Crippen molar-refractivity contribution in [2.24, 2.45) is 11.3 Å². The highest BCUT2D eigenvalue weighted by molar-refractivity contribution is 5.92. The lowest BCUT2D eigenvalue weighted by Gasteiger charge is -2.32. The van der Waals surface area contributed by atoms with Gasteiger partial charge in [0.1, 0.15) is 17.1 Å². The number of hydrogen-bond acceptors (Lipinski definition) is 6. The Labute approximate surface area is 181 Å². The fourth-order valence-corrected chi connectivity index (χ4v) is 4.37. The summed E-state index contributed by atoms with van der Waals surface area (Å²) in [4.78, 5) is 29.0. The minimum absolute atomic E-state index is 0.0142. The van der Waals surface area contributed by atoms with Gasteiger partial charge in [-0.1, -0.05) is 22.4 Å². The van der Waals surface area contributed by atoms with E-state index in [-0.39, 0.29) is 23.1 Å². The average Bonchev–Trinajstić information content (AvgIpc) is 3.33. The second-order valence-electron chi connectivity index (χ2n) is 8.54. The van der Waals surface area contributed by atoms with Crippen molar-refractivity contribution in [2.75, 3.05) is 27.2 Å². The number of hydrogen-bond donors (Lipinski definition) is 0. The first-order chi connectivity index (χ1) is 14.9. The molecule has 0 bridgehead atoms. The molecule has 1 saturated carbocycles. The van der Waals surface area contributed by atoms with Gasteiger partial charge < -0.3 is 14.5 Å². The Morgan fingerprint density at radius 3 is 2.58 bits per heavy atom. The molecule has 0 N–H and O–H groups in total. The number of methoxy groups -OCH3 is 1. The average molecular weight is 425 g/mol. The standard InChI is InChI=1S/C23H28N4O4/c1-16-20(25-31-24-16)15-26(2)22(29)19-14-23(19)10-12-27(13-11-23)21(28)9-6-17-4-7-18(30-3)8-5-17/h4-9,19H,10-15H2,1-3H3/b9-6+/t19-/m0/s1. The summed E-state index contributed by atoms with van der Waals surface area (Å²) >= 11 is 0. The molecule has 1 aliphatic carbocycles. The van der Waals surface area contributed by atoms with Gasteiger partial charge in [-0.25, -0.2) is 4.63 Å². The molecule has 1 saturated heterocycles. The number of aryl methyl sites for hydroxylation is 1. The Kier molecular flexibility index (Phi) is 5.80. The summed E-state index contributed by atoms with van der Waals surface area (Å²) in [7, 11) is 3.42. The summed E-state index contributed by atoms with van der Waals surface area (Å²) in [5.41, 5.74) is 2.39. The molecule has 31 heavy (non-hydrogen) atoms. The van der Waals surface area contributed by atoms with Crippen LogP contribution in [-0.2, 0) is 16.1 Å². The zero-order valence-electron chi connectivity index (χ0n) is 18.2. The van der Waals surface area contributed by atoms with E-state index in [2.05, 4.69) is 10.3 Å². The minimum atomic E-state index is 0.0142. The van der Waals surface area contributed by atoms with Crippen LogP contribution < -0.4 is 4.74 Å². The molecule has 1 aromatic carbocycles. The van der Waals surface area contributed by atoms with Gasteiger partial charge in [0.25, 0.3) is 0 Å². The van der Waals surface area contributed by atoms with E-state index in [4.69, 9.17) is 9.37 Å². The number of amides is 2. The first-order valence-corrected chi connectivity index (χ1v) is 10.6. The molecule has 8 heteroatoms. The van der Waals surface area contributed by atoms with Gasteiger partial charge in [-0.05, 0) is 55.4 Å². The van der Waals surface area contributed by atoms with Gasteiger partial charge in [-0.15, -0.1) is 0 Å². The molecule has 2 amide bonds. The van der Waals surface area contributed by atoms with E-state index in [1.807, 2.05) is 42.2 Å². The van der Waals surface area contributed by atoms with Gasteiger partial charge in [-0.2, -0.15) is 0 Å². The molecular weight excluding hydrogens is 396 g/mol. The topological polar surface area (TPSA) is 88.8 Å². The number of benzene rings is 1. The summed E-state index contributed by atoms with van der Waals surface area (Å²) in [6.07, 6.45) is 6.08. The number of ether oxygens (including phenoxy) is 1. The molecule has 1 aliphatic heterocycles. The number of rotatable bonds is 6. The van der Waals surface area contributed by atoms with E-state index in [0.29, 0.717) is 31.0 Å². The highest BCUT2D eigenvalue weighted by atomic mass is 16.6. The van der Waals surface area contributed by atoms with Crippen molar-refractivity contribution in [3.63, 3.8) is 0 Å². The third kappa shape index (κ3) is 4.47. The number of carbonyl (C=O) groups excluding carboxylic acids is 2. The molecule has 2 fully saturated rings. The van der Waals surface area contributed by atoms with Gasteiger partial charge in [0.05, 0.1) is 13.7 Å². The number of piperidine rings is 1. The van der Waals surface area contributed by atoms with Crippen molar-refractivity contribution in [1.82, 2.24) is 20.1 Å². The highest BCUT2D eigenvalue weighted by Gasteiger charge is 2.59. The van der Waals surface area contributed by atoms with Gasteiger partial charge >= 0.3 is 0 Å². The van der Waals surface area contributed by atoms with Crippen LogP contribution in [0.3, 0.4) is 0 Å². The fraction of sp³-hybridized carbons (Fsp3) is 0.478. The van der Waals surface area contributed by atoms with E-state index in [1.165, 1.54) is 0 Å². The number of carbonyl (C=O) groups is 2. The summed E-state index contributed by atoms with van der Waals surface area (Å²) in [6.45, 7) is 3.59. The van der Waals surface area contributed by atoms with E-state index < -0.39 is 0 Å². The summed E-state index contributed by atoms with van der Waals surface area (Å²) in [5.74, 6) is 0.975. The van der Waals surface area contributed by atoms with E-state index in [0.717, 1.165) is 30.6 Å². The van der Waals surface area contributed by atoms with Crippen molar-refractivity contribution in [3.05, 3.63) is 47.3 Å². The highest BCUT2D eigenvalue weighted by Crippen LogP contribution is 2.60. The van der Waals surface area contributed by atoms with Crippen molar-refractivity contribution < 1.29 is 19.0 Å². The Balaban J connectivity index is 1.27. The molecule has 2 aliphatic rings. The Bertz CT molecular complexity index is 974. The SMILES string of the molecule is COc1ccc(/C=C/C(=O)N2CCC3(CC2)C[C@H]3C(=O)N(C)Cc2nonc2C)cc1. The summed E-state index contributed by atoms with van der Waals surface area (Å²) in [6, 6.07) is 7.58. The van der Waals surface area contributed by atoms with Crippen LogP contribution in [0.5, 0.6) is 5.75 Å². The predicted octanol–water partition coefficient (Wildman–Crippen LogP) is 2.69. The molecule has 2 aromatic rings. The molecular formula is C23H28N4O4. The number of likely N-dealkylation sites (tertiary alicyclic amines) is 1. The van der Waals surface area contributed by atoms with Crippen LogP contribution in [0, 0.1) is 18.3 Å². The quantitative estimate of drug-likeness (QED) is 0.663. The zero-order valence-corrected chi connectivity index (χ0v) is 18.2. The van der Waals surface area contributed by atoms with Crippen molar-refractivity contribution >= 4 is 17.9 Å². The minimum Gasteiger partial charge on any atom is -0.497 e. The largest absolute Gasteiger partial charge is 0.497 e. The first-order valence-electron chi connectivity index (χ1n) is 10.6. The fourth-order valence-electron chi connectivity index (χ4n) is 4.37. The maximum atomic E-state index is 12.9. The number of nitrogens with zero attached hydrogens (tertiary/aromatic N) is 4. The van der Waals surface area contributed by atoms with Gasteiger partial charge in [-0.3, -0.25) is 9.59 Å². The van der Waals surface area contributed by atoms with Crippen molar-refractivity contribution in [3.8, 4) is 5.75 Å². The zero-order chi connectivity index (χ0) is 22.0. The lowest BCUT2D eigenvalue weighted by atomic mass is 9.90. The monoisotopic (exact) mass is 424 g/mol. The Morgan fingerprint density at radius 2 is 1.97 bits per heavy atom. The molecule has 8 nitrogen and oxygen atoms in total. The van der Waals surface area contributed by atoms with Crippen LogP contribution in [-0.4, -0.2) is 59.2 Å². The van der Waals surface area contributed by atoms with E-state index in [9.17, 15) is 9.59 Å². The van der Waals surface area contributed by atoms with Crippen LogP contribution in [0.1, 0.15) is 36.2 Å². The molecule has 1 atom stereocenters. The van der Waals surface area contributed by atoms with Crippen molar-refractivity contribution in [1.29, 1.82) is 0 Å². The third-order valence-corrected chi connectivity index (χ3v) is 6.60. The van der Waals surface area contributed by atoms with E-state index in [1.54, 1.807) is 25.1 Å². The maximum absolute atomic E-state index is 12.9. The molecule has 0 radical (unpaired) electrons. The maximum Gasteiger partial charge on any atom is 0.246 e. The molecule has 1 aromatic heterocycles. The van der Waals surface area contributed by atoms with Gasteiger partial charge in [0, 0.05) is 32.1 Å². The molecule has 4 rings (SSSR count). The van der Waals surface area contributed by atoms with Gasteiger partial charge in [0.2, 0.25) is 11.8 Å². The third-order valence-electron chi connectivity index (χ3n) is 6.60. The smallest absolute Gasteiger partial charge is 0.246 e. The van der Waals surface area contributed by atoms with Crippen molar-refractivity contribution in [2.45, 2.75) is 32.7 Å². The summed E-state index contributed by atoms with van der Waals surface area (Å²) in [5, 5.41) is 7.63. The number of aromatic nitrogens is 2. The molecule has 164 valence electrons. The van der Waals surface area contributed by atoms with Gasteiger partial charge in [0.15, 0.2) is 0 Å². The first kappa shape index (κ1) is 21.1. The lowest BCUT2D eigenvalue weighted by Crippen LogP contribution is -2.40. The lowest BCUT2D eigenvalue weighted by molar-refractivity contribution is -0.133. The molecule has 0 unspecified atom stereocenters. The van der Waals surface area contributed by atoms with E-state index >= 15 is 0 Å². The van der Waals surface area contributed by atoms with Crippen LogP contribution in [0.25, 0.3) is 6.08 Å². The Hall–Kier alpha value is -3.16. The normalized spacial score (nSPS) is 19.6. The van der Waals surface area contributed by atoms with Crippen LogP contribution in [0.2, 0.25) is 0 Å². The predicted molar refractivity (Wildman–Crippen MR) is 114 cm³/mol. The Morgan fingerprint density at radius 1 is 1.26 bits per heavy atom.